The first-order valence-electron chi connectivity index (χ1n) is 5.67. The minimum absolute atomic E-state index is 0.245. The molecule has 0 spiro atoms. The molecule has 2 rings (SSSR count). The number of alkyl halides is 3. The van der Waals surface area contributed by atoms with Gasteiger partial charge in [-0.05, 0) is 24.3 Å². The molecule has 1 N–H and O–H groups in total. The number of ether oxygens (including phenoxy) is 1. The third-order valence-electron chi connectivity index (χ3n) is 2.42. The number of rotatable bonds is 2. The predicted octanol–water partition coefficient (Wildman–Crippen LogP) is 4.32. The Morgan fingerprint density at radius 3 is 2.20 bits per heavy atom. The normalized spacial score (nSPS) is 10.9. The Kier molecular flexibility index (Phi) is 3.93. The summed E-state index contributed by atoms with van der Waals surface area (Å²) in [4.78, 5) is 11.6. The maximum absolute atomic E-state index is 12.7. The zero-order valence-corrected chi connectivity index (χ0v) is 10.1. The van der Waals surface area contributed by atoms with Crippen molar-refractivity contribution in [3.8, 4) is 5.75 Å². The van der Waals surface area contributed by atoms with Gasteiger partial charge in [0.25, 0.3) is 0 Å². The molecule has 0 aromatic heterocycles. The van der Waals surface area contributed by atoms with Gasteiger partial charge in [0.05, 0.1) is 11.3 Å². The number of carbonyl (C=O) groups excluding carboxylic acids is 1. The minimum Gasteiger partial charge on any atom is -0.410 e. The van der Waals surface area contributed by atoms with Gasteiger partial charge in [-0.1, -0.05) is 30.3 Å². The maximum Gasteiger partial charge on any atom is 0.418 e. The molecule has 3 nitrogen and oxygen atoms in total. The Labute approximate surface area is 113 Å². The van der Waals surface area contributed by atoms with Crippen LogP contribution in [0.25, 0.3) is 0 Å². The van der Waals surface area contributed by atoms with Gasteiger partial charge in [-0.15, -0.1) is 0 Å². The van der Waals surface area contributed by atoms with E-state index in [0.717, 1.165) is 12.1 Å². The van der Waals surface area contributed by atoms with E-state index >= 15 is 0 Å². The Morgan fingerprint density at radius 1 is 0.950 bits per heavy atom. The highest BCUT2D eigenvalue weighted by Crippen LogP contribution is 2.34. The van der Waals surface area contributed by atoms with E-state index in [0.29, 0.717) is 0 Å². The monoisotopic (exact) mass is 281 g/mol. The molecule has 2 aromatic rings. The average Bonchev–Trinajstić information content (AvgIpc) is 2.39. The Balaban J connectivity index is 2.13. The van der Waals surface area contributed by atoms with Crippen molar-refractivity contribution in [1.82, 2.24) is 0 Å². The van der Waals surface area contributed by atoms with E-state index in [9.17, 15) is 18.0 Å². The standard InChI is InChI=1S/C14H10F3NO2/c15-14(16,17)11-8-4-5-9-12(11)18-13(19)20-10-6-2-1-3-7-10/h1-9H,(H,18,19). The van der Waals surface area contributed by atoms with Crippen molar-refractivity contribution in [2.45, 2.75) is 6.18 Å². The fourth-order valence-electron chi connectivity index (χ4n) is 1.57. The molecule has 0 aliphatic carbocycles. The number of para-hydroxylation sites is 2. The number of carbonyl (C=O) groups is 1. The second-order valence-electron chi connectivity index (χ2n) is 3.87. The van der Waals surface area contributed by atoms with Gasteiger partial charge >= 0.3 is 12.3 Å². The maximum atomic E-state index is 12.7. The SMILES string of the molecule is O=C(Nc1ccccc1C(F)(F)F)Oc1ccccc1. The van der Waals surface area contributed by atoms with Gasteiger partial charge < -0.3 is 4.74 Å². The number of amides is 1. The van der Waals surface area contributed by atoms with Crippen molar-refractivity contribution in [2.75, 3.05) is 5.32 Å². The van der Waals surface area contributed by atoms with Crippen LogP contribution in [0.4, 0.5) is 23.7 Å². The lowest BCUT2D eigenvalue weighted by Gasteiger charge is -2.13. The van der Waals surface area contributed by atoms with E-state index in [1.165, 1.54) is 24.3 Å². The van der Waals surface area contributed by atoms with Gasteiger partial charge in [-0.2, -0.15) is 13.2 Å². The molecular weight excluding hydrogens is 271 g/mol. The molecule has 0 saturated heterocycles. The van der Waals surface area contributed by atoms with Crippen LogP contribution in [0.5, 0.6) is 5.75 Å². The fraction of sp³-hybridized carbons (Fsp3) is 0.0714. The van der Waals surface area contributed by atoms with Crippen LogP contribution in [0.2, 0.25) is 0 Å². The van der Waals surface area contributed by atoms with Crippen LogP contribution < -0.4 is 10.1 Å². The molecule has 104 valence electrons. The summed E-state index contributed by atoms with van der Waals surface area (Å²) >= 11 is 0. The number of anilines is 1. The minimum atomic E-state index is -4.55. The first-order chi connectivity index (χ1) is 9.47. The first-order valence-corrected chi connectivity index (χ1v) is 5.67. The molecule has 0 bridgehead atoms. The molecule has 1 amide bonds. The zero-order valence-electron chi connectivity index (χ0n) is 10.1. The summed E-state index contributed by atoms with van der Waals surface area (Å²) < 4.78 is 43.1. The lowest BCUT2D eigenvalue weighted by Crippen LogP contribution is -2.19. The summed E-state index contributed by atoms with van der Waals surface area (Å²) in [5.74, 6) is 0.245. The van der Waals surface area contributed by atoms with Gasteiger partial charge in [0.2, 0.25) is 0 Å². The van der Waals surface area contributed by atoms with Crippen LogP contribution >= 0.6 is 0 Å². The van der Waals surface area contributed by atoms with Crippen LogP contribution in [0.1, 0.15) is 5.56 Å². The highest BCUT2D eigenvalue weighted by Gasteiger charge is 2.33. The zero-order chi connectivity index (χ0) is 14.6. The van der Waals surface area contributed by atoms with Crippen molar-refractivity contribution in [3.05, 3.63) is 60.2 Å². The molecule has 0 fully saturated rings. The summed E-state index contributed by atoms with van der Waals surface area (Å²) in [6.07, 6.45) is -5.52. The van der Waals surface area contributed by atoms with Gasteiger partial charge in [-0.25, -0.2) is 4.79 Å². The van der Waals surface area contributed by atoms with Crippen LogP contribution in [0, 0.1) is 0 Å². The molecule has 0 atom stereocenters. The molecule has 0 heterocycles. The Morgan fingerprint density at radius 2 is 1.55 bits per heavy atom. The predicted molar refractivity (Wildman–Crippen MR) is 67.5 cm³/mol. The molecular formula is C14H10F3NO2. The highest BCUT2D eigenvalue weighted by atomic mass is 19.4. The summed E-state index contributed by atoms with van der Waals surface area (Å²) in [7, 11) is 0. The summed E-state index contributed by atoms with van der Waals surface area (Å²) in [5.41, 5.74) is -1.27. The lowest BCUT2D eigenvalue weighted by molar-refractivity contribution is -0.136. The molecule has 20 heavy (non-hydrogen) atoms. The van der Waals surface area contributed by atoms with E-state index < -0.39 is 17.8 Å². The quantitative estimate of drug-likeness (QED) is 0.890. The van der Waals surface area contributed by atoms with Crippen LogP contribution in [0.3, 0.4) is 0 Å². The number of nitrogens with one attached hydrogen (secondary N) is 1. The van der Waals surface area contributed by atoms with Gasteiger partial charge in [0, 0.05) is 0 Å². The average molecular weight is 281 g/mol. The Hall–Kier alpha value is -2.50. The summed E-state index contributed by atoms with van der Waals surface area (Å²) in [6, 6.07) is 12.8. The second-order valence-corrected chi connectivity index (χ2v) is 3.87. The van der Waals surface area contributed by atoms with E-state index in [4.69, 9.17) is 4.74 Å². The van der Waals surface area contributed by atoms with Crippen LogP contribution in [0.15, 0.2) is 54.6 Å². The second kappa shape index (κ2) is 5.64. The summed E-state index contributed by atoms with van der Waals surface area (Å²) in [5, 5.41) is 2.08. The largest absolute Gasteiger partial charge is 0.418 e. The van der Waals surface area contributed by atoms with Crippen molar-refractivity contribution in [1.29, 1.82) is 0 Å². The molecule has 0 unspecified atom stereocenters. The van der Waals surface area contributed by atoms with Crippen molar-refractivity contribution in [2.24, 2.45) is 0 Å². The van der Waals surface area contributed by atoms with E-state index in [1.54, 1.807) is 18.2 Å². The van der Waals surface area contributed by atoms with Gasteiger partial charge in [-0.3, -0.25) is 5.32 Å². The number of halogens is 3. The number of hydrogen-bond acceptors (Lipinski definition) is 2. The van der Waals surface area contributed by atoms with E-state index in [1.807, 2.05) is 0 Å². The molecule has 0 aliphatic heterocycles. The highest BCUT2D eigenvalue weighted by molar-refractivity contribution is 5.87. The van der Waals surface area contributed by atoms with E-state index in [2.05, 4.69) is 5.32 Å². The topological polar surface area (TPSA) is 38.3 Å². The van der Waals surface area contributed by atoms with Crippen molar-refractivity contribution < 1.29 is 22.7 Å². The van der Waals surface area contributed by atoms with Crippen molar-refractivity contribution >= 4 is 11.8 Å². The molecule has 6 heteroatoms. The van der Waals surface area contributed by atoms with Crippen LogP contribution in [-0.4, -0.2) is 6.09 Å². The van der Waals surface area contributed by atoms with Crippen LogP contribution in [-0.2, 0) is 6.18 Å². The molecule has 0 aliphatic rings. The fourth-order valence-corrected chi connectivity index (χ4v) is 1.57. The lowest BCUT2D eigenvalue weighted by atomic mass is 10.2. The molecule has 0 saturated carbocycles. The van der Waals surface area contributed by atoms with E-state index in [-0.39, 0.29) is 11.4 Å². The van der Waals surface area contributed by atoms with Gasteiger partial charge in [0.15, 0.2) is 0 Å². The molecule has 0 radical (unpaired) electrons. The van der Waals surface area contributed by atoms with Gasteiger partial charge in [0.1, 0.15) is 5.75 Å². The third kappa shape index (κ3) is 3.50. The third-order valence-corrected chi connectivity index (χ3v) is 2.42. The summed E-state index contributed by atoms with van der Waals surface area (Å²) in [6.45, 7) is 0. The van der Waals surface area contributed by atoms with Crippen molar-refractivity contribution in [3.63, 3.8) is 0 Å². The Bertz CT molecular complexity index is 597. The number of benzene rings is 2. The molecule has 2 aromatic carbocycles. The first kappa shape index (κ1) is 13.9. The smallest absolute Gasteiger partial charge is 0.410 e. The number of hydrogen-bond donors (Lipinski definition) is 1.